The molecule has 0 aliphatic heterocycles. The minimum Gasteiger partial charge on any atom is -0.497 e. The van der Waals surface area contributed by atoms with E-state index in [0.717, 1.165) is 30.6 Å². The second-order valence-corrected chi connectivity index (χ2v) is 7.14. The van der Waals surface area contributed by atoms with Crippen molar-refractivity contribution in [1.29, 1.82) is 0 Å². The van der Waals surface area contributed by atoms with Crippen LogP contribution in [0.2, 0.25) is 0 Å². The maximum absolute atomic E-state index is 12.5. The Hall–Kier alpha value is -2.27. The van der Waals surface area contributed by atoms with Gasteiger partial charge in [0.05, 0.1) is 32.4 Å². The average Bonchev–Trinajstić information content (AvgIpc) is 2.96. The second-order valence-electron chi connectivity index (χ2n) is 7.14. The van der Waals surface area contributed by atoms with Crippen LogP contribution in [0.15, 0.2) is 43.5 Å². The number of fused-ring (bicyclic) bond motifs is 1. The van der Waals surface area contributed by atoms with Gasteiger partial charge in [-0.15, -0.1) is 13.2 Å². The molecule has 0 saturated heterocycles. The molecule has 0 heterocycles. The Kier molecular flexibility index (Phi) is 5.10. The molecular weight excluding hydrogens is 330 g/mol. The highest BCUT2D eigenvalue weighted by Crippen LogP contribution is 2.46. The van der Waals surface area contributed by atoms with E-state index in [2.05, 4.69) is 13.2 Å². The fourth-order valence-corrected chi connectivity index (χ4v) is 4.37. The predicted molar refractivity (Wildman–Crippen MR) is 100 cm³/mol. The molecular formula is C21H27NO4. The van der Waals surface area contributed by atoms with Crippen LogP contribution in [0.4, 0.5) is 4.79 Å². The van der Waals surface area contributed by atoms with Crippen molar-refractivity contribution in [2.24, 2.45) is 11.8 Å². The van der Waals surface area contributed by atoms with Crippen LogP contribution < -0.4 is 4.74 Å². The van der Waals surface area contributed by atoms with Gasteiger partial charge in [0.25, 0.3) is 0 Å². The molecule has 0 aromatic heterocycles. The van der Waals surface area contributed by atoms with Crippen LogP contribution in [-0.4, -0.2) is 42.5 Å². The minimum absolute atomic E-state index is 0.0810. The molecule has 1 unspecified atom stereocenters. The van der Waals surface area contributed by atoms with Crippen molar-refractivity contribution in [2.75, 3.05) is 20.8 Å². The van der Waals surface area contributed by atoms with Crippen LogP contribution in [0.5, 0.6) is 5.75 Å². The van der Waals surface area contributed by atoms with Gasteiger partial charge in [0.15, 0.2) is 0 Å². The van der Waals surface area contributed by atoms with Gasteiger partial charge in [-0.25, -0.2) is 4.79 Å². The molecule has 1 aromatic rings. The van der Waals surface area contributed by atoms with Gasteiger partial charge in [0.2, 0.25) is 0 Å². The lowest BCUT2D eigenvalue weighted by molar-refractivity contribution is -0.0446. The highest BCUT2D eigenvalue weighted by Gasteiger charge is 2.50. The summed E-state index contributed by atoms with van der Waals surface area (Å²) in [6.07, 6.45) is 5.55. The first-order chi connectivity index (χ1) is 12.5. The minimum atomic E-state index is -1.08. The molecule has 1 aromatic carbocycles. The highest BCUT2D eigenvalue weighted by atomic mass is 16.5. The molecule has 140 valence electrons. The van der Waals surface area contributed by atoms with Crippen LogP contribution in [-0.2, 0) is 11.2 Å². The number of ether oxygens (including phenoxy) is 2. The Labute approximate surface area is 154 Å². The summed E-state index contributed by atoms with van der Waals surface area (Å²) in [4.78, 5) is 14.2. The largest absolute Gasteiger partial charge is 0.497 e. The van der Waals surface area contributed by atoms with E-state index in [1.807, 2.05) is 18.2 Å². The molecule has 2 aliphatic rings. The molecule has 3 atom stereocenters. The topological polar surface area (TPSA) is 59.0 Å². The molecule has 1 amide bonds. The SMILES string of the molecule is C=C[C@H]1CC[C@H](C=C)C1(O)CN(C(=O)OC)C1Cc2ccc(OC)cc21. The Morgan fingerprint density at radius 2 is 1.96 bits per heavy atom. The number of nitrogens with zero attached hydrogens (tertiary/aromatic N) is 1. The van der Waals surface area contributed by atoms with E-state index in [1.165, 1.54) is 12.7 Å². The van der Waals surface area contributed by atoms with Gasteiger partial charge in [0.1, 0.15) is 5.75 Å². The van der Waals surface area contributed by atoms with Crippen LogP contribution in [0.25, 0.3) is 0 Å². The second kappa shape index (κ2) is 7.16. The van der Waals surface area contributed by atoms with Crippen molar-refractivity contribution in [2.45, 2.75) is 30.9 Å². The molecule has 3 rings (SSSR count). The van der Waals surface area contributed by atoms with E-state index in [4.69, 9.17) is 9.47 Å². The molecule has 0 radical (unpaired) electrons. The zero-order chi connectivity index (χ0) is 18.9. The maximum Gasteiger partial charge on any atom is 0.410 e. The number of amides is 1. The summed E-state index contributed by atoms with van der Waals surface area (Å²) < 4.78 is 10.3. The third-order valence-corrected chi connectivity index (χ3v) is 5.98. The molecule has 5 heteroatoms. The number of hydrogen-bond donors (Lipinski definition) is 1. The molecule has 26 heavy (non-hydrogen) atoms. The molecule has 5 nitrogen and oxygen atoms in total. The van der Waals surface area contributed by atoms with E-state index in [-0.39, 0.29) is 24.4 Å². The third-order valence-electron chi connectivity index (χ3n) is 5.98. The quantitative estimate of drug-likeness (QED) is 0.792. The van der Waals surface area contributed by atoms with Crippen molar-refractivity contribution in [3.8, 4) is 5.75 Å². The first-order valence-electron chi connectivity index (χ1n) is 8.97. The first-order valence-corrected chi connectivity index (χ1v) is 8.97. The third kappa shape index (κ3) is 2.90. The zero-order valence-electron chi connectivity index (χ0n) is 15.5. The molecule has 0 bridgehead atoms. The number of hydrogen-bond acceptors (Lipinski definition) is 4. The number of rotatable bonds is 6. The van der Waals surface area contributed by atoms with Gasteiger partial charge in [0, 0.05) is 11.8 Å². The van der Waals surface area contributed by atoms with Crippen molar-refractivity contribution in [3.05, 3.63) is 54.6 Å². The van der Waals surface area contributed by atoms with Gasteiger partial charge in [-0.05, 0) is 42.5 Å². The Balaban J connectivity index is 1.91. The highest BCUT2D eigenvalue weighted by molar-refractivity contribution is 5.69. The molecule has 1 N–H and O–H groups in total. The van der Waals surface area contributed by atoms with E-state index in [1.54, 1.807) is 24.2 Å². The van der Waals surface area contributed by atoms with Crippen molar-refractivity contribution in [1.82, 2.24) is 4.90 Å². The smallest absolute Gasteiger partial charge is 0.410 e. The Morgan fingerprint density at radius 1 is 1.31 bits per heavy atom. The maximum atomic E-state index is 12.5. The van der Waals surface area contributed by atoms with Crippen LogP contribution in [0, 0.1) is 11.8 Å². The zero-order valence-corrected chi connectivity index (χ0v) is 15.5. The Morgan fingerprint density at radius 3 is 2.50 bits per heavy atom. The number of carbonyl (C=O) groups excluding carboxylic acids is 1. The van der Waals surface area contributed by atoms with Crippen LogP contribution in [0.3, 0.4) is 0 Å². The van der Waals surface area contributed by atoms with Crippen molar-refractivity contribution < 1.29 is 19.4 Å². The van der Waals surface area contributed by atoms with Gasteiger partial charge >= 0.3 is 6.09 Å². The first kappa shape index (κ1) is 18.5. The summed E-state index contributed by atoms with van der Waals surface area (Å²) in [5, 5.41) is 11.4. The summed E-state index contributed by atoms with van der Waals surface area (Å²) in [6, 6.07) is 5.76. The molecule has 0 spiro atoms. The number of aliphatic hydroxyl groups is 1. The number of carbonyl (C=O) groups is 1. The van der Waals surface area contributed by atoms with Crippen LogP contribution in [0.1, 0.15) is 30.0 Å². The van der Waals surface area contributed by atoms with Crippen molar-refractivity contribution >= 4 is 6.09 Å². The molecule has 2 aliphatic carbocycles. The van der Waals surface area contributed by atoms with E-state index in [9.17, 15) is 9.90 Å². The summed E-state index contributed by atoms with van der Waals surface area (Å²) >= 11 is 0. The molecule has 1 saturated carbocycles. The predicted octanol–water partition coefficient (Wildman–Crippen LogP) is 3.49. The van der Waals surface area contributed by atoms with Crippen LogP contribution >= 0.6 is 0 Å². The molecule has 1 fully saturated rings. The lowest BCUT2D eigenvalue weighted by atomic mass is 9.79. The Bertz CT molecular complexity index is 698. The normalized spacial score (nSPS) is 25.6. The fourth-order valence-electron chi connectivity index (χ4n) is 4.37. The summed E-state index contributed by atoms with van der Waals surface area (Å²) in [5.41, 5.74) is 1.15. The van der Waals surface area contributed by atoms with Gasteiger partial charge < -0.3 is 14.6 Å². The summed E-state index contributed by atoms with van der Waals surface area (Å²) in [5.74, 6) is 0.593. The van der Waals surface area contributed by atoms with E-state index < -0.39 is 11.7 Å². The fraction of sp³-hybridized carbons (Fsp3) is 0.476. The number of methoxy groups -OCH3 is 2. The average molecular weight is 357 g/mol. The standard InChI is InChI=1S/C21H27NO4/c1-5-15-8-9-16(6-2)21(15,24)13-22(20(23)26-4)19-11-14-7-10-17(25-3)12-18(14)19/h5-7,10,12,15-16,19,24H,1-2,8-9,11,13H2,3-4H3/t15-,16-,19?/m0/s1. The van der Waals surface area contributed by atoms with Gasteiger partial charge in [-0.3, -0.25) is 4.90 Å². The van der Waals surface area contributed by atoms with E-state index in [0.29, 0.717) is 0 Å². The monoisotopic (exact) mass is 357 g/mol. The van der Waals surface area contributed by atoms with Crippen molar-refractivity contribution in [3.63, 3.8) is 0 Å². The lowest BCUT2D eigenvalue weighted by Gasteiger charge is -2.44. The number of benzene rings is 1. The van der Waals surface area contributed by atoms with Gasteiger partial charge in [-0.1, -0.05) is 18.2 Å². The summed E-state index contributed by atoms with van der Waals surface area (Å²) in [6.45, 7) is 7.93. The summed E-state index contributed by atoms with van der Waals surface area (Å²) in [7, 11) is 2.99. The van der Waals surface area contributed by atoms with Gasteiger partial charge in [-0.2, -0.15) is 0 Å². The lowest BCUT2D eigenvalue weighted by Crippen LogP contribution is -2.53. The van der Waals surface area contributed by atoms with E-state index >= 15 is 0 Å².